The Hall–Kier alpha value is -0.980. The van der Waals surface area contributed by atoms with Crippen LogP contribution in [0.15, 0.2) is 4.52 Å². The number of methoxy groups -OCH3 is 1. The quantitative estimate of drug-likeness (QED) is 0.731. The van der Waals surface area contributed by atoms with Gasteiger partial charge in [0, 0.05) is 26.7 Å². The lowest BCUT2D eigenvalue weighted by Gasteiger charge is -2.06. The molecule has 0 fully saturated rings. The lowest BCUT2D eigenvalue weighted by Crippen LogP contribution is -2.18. The van der Waals surface area contributed by atoms with E-state index < -0.39 is 0 Å². The zero-order chi connectivity index (χ0) is 12.7. The molecule has 2 unspecified atom stereocenters. The predicted octanol–water partition coefficient (Wildman–Crippen LogP) is 0.931. The molecule has 0 saturated heterocycles. The Balaban J connectivity index is 2.46. The largest absolute Gasteiger partial charge is 0.384 e. The van der Waals surface area contributed by atoms with Crippen LogP contribution < -0.4 is 5.73 Å². The summed E-state index contributed by atoms with van der Waals surface area (Å²) in [7, 11) is 1.67. The van der Waals surface area contributed by atoms with Crippen LogP contribution in [0.5, 0.6) is 0 Å². The number of hydrogen-bond donors (Lipinski definition) is 1. The highest BCUT2D eigenvalue weighted by molar-refractivity contribution is 4.93. The number of nitrogens with two attached hydrogens (primary N) is 1. The fourth-order valence-electron chi connectivity index (χ4n) is 1.46. The summed E-state index contributed by atoms with van der Waals surface area (Å²) in [6, 6.07) is -0.329. The topological polar surface area (TPSA) is 83.4 Å². The smallest absolute Gasteiger partial charge is 0.227 e. The molecule has 0 amide bonds. The van der Waals surface area contributed by atoms with Gasteiger partial charge in [-0.15, -0.1) is 0 Å². The van der Waals surface area contributed by atoms with E-state index in [2.05, 4.69) is 17.1 Å². The predicted molar refractivity (Wildman–Crippen MR) is 62.5 cm³/mol. The SMILES string of the molecule is CCOCC(N)c1noc(CC(C)COC)n1. The van der Waals surface area contributed by atoms with Crippen molar-refractivity contribution in [2.45, 2.75) is 26.3 Å². The maximum Gasteiger partial charge on any atom is 0.227 e. The summed E-state index contributed by atoms with van der Waals surface area (Å²) in [6.07, 6.45) is 0.697. The number of rotatable bonds is 8. The molecule has 98 valence electrons. The van der Waals surface area contributed by atoms with Gasteiger partial charge in [-0.2, -0.15) is 4.98 Å². The minimum absolute atomic E-state index is 0.329. The van der Waals surface area contributed by atoms with Gasteiger partial charge < -0.3 is 19.7 Å². The van der Waals surface area contributed by atoms with Gasteiger partial charge in [-0.25, -0.2) is 0 Å². The number of ether oxygens (including phenoxy) is 2. The van der Waals surface area contributed by atoms with Crippen LogP contribution in [-0.2, 0) is 15.9 Å². The van der Waals surface area contributed by atoms with E-state index in [1.807, 2.05) is 6.92 Å². The average molecular weight is 243 g/mol. The Morgan fingerprint density at radius 3 is 2.82 bits per heavy atom. The van der Waals surface area contributed by atoms with Crippen molar-refractivity contribution in [2.75, 3.05) is 26.9 Å². The second-order valence-corrected chi connectivity index (χ2v) is 4.08. The molecular weight excluding hydrogens is 222 g/mol. The van der Waals surface area contributed by atoms with Crippen LogP contribution in [0.2, 0.25) is 0 Å². The van der Waals surface area contributed by atoms with Crippen LogP contribution in [0.25, 0.3) is 0 Å². The van der Waals surface area contributed by atoms with Crippen molar-refractivity contribution < 1.29 is 14.0 Å². The van der Waals surface area contributed by atoms with Gasteiger partial charge in [-0.05, 0) is 12.8 Å². The van der Waals surface area contributed by atoms with E-state index in [9.17, 15) is 0 Å². The molecule has 1 aromatic rings. The van der Waals surface area contributed by atoms with Gasteiger partial charge in [0.05, 0.1) is 12.6 Å². The van der Waals surface area contributed by atoms with Crippen molar-refractivity contribution in [2.24, 2.45) is 11.7 Å². The molecule has 0 saturated carbocycles. The molecule has 6 nitrogen and oxygen atoms in total. The second-order valence-electron chi connectivity index (χ2n) is 4.08. The Labute approximate surface area is 101 Å². The minimum Gasteiger partial charge on any atom is -0.384 e. The molecule has 2 N–H and O–H groups in total. The van der Waals surface area contributed by atoms with Crippen LogP contribution in [0.3, 0.4) is 0 Å². The normalized spacial score (nSPS) is 14.8. The van der Waals surface area contributed by atoms with Crippen LogP contribution in [-0.4, -0.2) is 37.1 Å². The lowest BCUT2D eigenvalue weighted by atomic mass is 10.1. The van der Waals surface area contributed by atoms with Crippen molar-refractivity contribution in [1.82, 2.24) is 10.1 Å². The summed E-state index contributed by atoms with van der Waals surface area (Å²) < 4.78 is 15.4. The monoisotopic (exact) mass is 243 g/mol. The molecule has 0 radical (unpaired) electrons. The van der Waals surface area contributed by atoms with Crippen molar-refractivity contribution in [3.63, 3.8) is 0 Å². The van der Waals surface area contributed by atoms with Gasteiger partial charge >= 0.3 is 0 Å². The Kier molecular flexibility index (Phi) is 6.10. The molecule has 1 heterocycles. The molecule has 6 heteroatoms. The van der Waals surface area contributed by atoms with Crippen molar-refractivity contribution in [1.29, 1.82) is 0 Å². The summed E-state index contributed by atoms with van der Waals surface area (Å²) in [5, 5.41) is 3.85. The van der Waals surface area contributed by atoms with Crippen LogP contribution in [0, 0.1) is 5.92 Å². The van der Waals surface area contributed by atoms with E-state index in [0.717, 1.165) is 0 Å². The first-order chi connectivity index (χ1) is 8.17. The van der Waals surface area contributed by atoms with Crippen LogP contribution in [0.4, 0.5) is 0 Å². The molecule has 0 aliphatic heterocycles. The van der Waals surface area contributed by atoms with Crippen LogP contribution >= 0.6 is 0 Å². The first kappa shape index (κ1) is 14.1. The van der Waals surface area contributed by atoms with E-state index in [0.29, 0.717) is 43.9 Å². The molecule has 0 aliphatic carbocycles. The van der Waals surface area contributed by atoms with Crippen molar-refractivity contribution >= 4 is 0 Å². The average Bonchev–Trinajstić information content (AvgIpc) is 2.74. The van der Waals surface area contributed by atoms with Gasteiger partial charge in [0.25, 0.3) is 0 Å². The molecule has 1 aromatic heterocycles. The summed E-state index contributed by atoms with van der Waals surface area (Å²) in [4.78, 5) is 4.25. The zero-order valence-corrected chi connectivity index (χ0v) is 10.7. The third-order valence-electron chi connectivity index (χ3n) is 2.29. The Morgan fingerprint density at radius 2 is 2.18 bits per heavy atom. The highest BCUT2D eigenvalue weighted by Gasteiger charge is 2.15. The van der Waals surface area contributed by atoms with Gasteiger partial charge in [0.2, 0.25) is 5.89 Å². The molecule has 0 bridgehead atoms. The van der Waals surface area contributed by atoms with E-state index in [1.165, 1.54) is 0 Å². The summed E-state index contributed by atoms with van der Waals surface area (Å²) >= 11 is 0. The van der Waals surface area contributed by atoms with E-state index in [-0.39, 0.29) is 6.04 Å². The highest BCUT2D eigenvalue weighted by atomic mass is 16.5. The first-order valence-corrected chi connectivity index (χ1v) is 5.82. The molecular formula is C11H21N3O3. The number of hydrogen-bond acceptors (Lipinski definition) is 6. The summed E-state index contributed by atoms with van der Waals surface area (Å²) in [6.45, 7) is 5.68. The Bertz CT molecular complexity index is 317. The molecule has 0 aliphatic rings. The standard InChI is InChI=1S/C11H21N3O3/c1-4-16-7-9(12)11-13-10(17-14-11)5-8(2)6-15-3/h8-9H,4-7,12H2,1-3H3. The number of nitrogens with zero attached hydrogens (tertiary/aromatic N) is 2. The van der Waals surface area contributed by atoms with Gasteiger partial charge in [-0.3, -0.25) is 0 Å². The molecule has 0 spiro atoms. The Morgan fingerprint density at radius 1 is 1.41 bits per heavy atom. The molecule has 2 atom stereocenters. The fourth-order valence-corrected chi connectivity index (χ4v) is 1.46. The van der Waals surface area contributed by atoms with Gasteiger partial charge in [0.1, 0.15) is 0 Å². The molecule has 0 aromatic carbocycles. The molecule has 1 rings (SSSR count). The van der Waals surface area contributed by atoms with Crippen molar-refractivity contribution in [3.8, 4) is 0 Å². The third kappa shape index (κ3) is 4.80. The lowest BCUT2D eigenvalue weighted by molar-refractivity contribution is 0.130. The third-order valence-corrected chi connectivity index (χ3v) is 2.29. The fraction of sp³-hybridized carbons (Fsp3) is 0.818. The van der Waals surface area contributed by atoms with Gasteiger partial charge in [-0.1, -0.05) is 12.1 Å². The first-order valence-electron chi connectivity index (χ1n) is 5.82. The van der Waals surface area contributed by atoms with E-state index >= 15 is 0 Å². The van der Waals surface area contributed by atoms with Crippen LogP contribution in [0.1, 0.15) is 31.6 Å². The van der Waals surface area contributed by atoms with Crippen molar-refractivity contribution in [3.05, 3.63) is 11.7 Å². The summed E-state index contributed by atoms with van der Waals surface area (Å²) in [5.74, 6) is 1.44. The number of aromatic nitrogens is 2. The minimum atomic E-state index is -0.329. The van der Waals surface area contributed by atoms with Gasteiger partial charge in [0.15, 0.2) is 5.82 Å². The highest BCUT2D eigenvalue weighted by Crippen LogP contribution is 2.10. The second kappa shape index (κ2) is 7.37. The van der Waals surface area contributed by atoms with E-state index in [4.69, 9.17) is 19.7 Å². The summed E-state index contributed by atoms with van der Waals surface area (Å²) in [5.41, 5.74) is 5.85. The molecule has 17 heavy (non-hydrogen) atoms. The maximum absolute atomic E-state index is 5.85. The zero-order valence-electron chi connectivity index (χ0n) is 10.7. The maximum atomic E-state index is 5.85. The van der Waals surface area contributed by atoms with E-state index in [1.54, 1.807) is 7.11 Å².